The van der Waals surface area contributed by atoms with Crippen molar-refractivity contribution >= 4 is 0 Å². The molecule has 0 atom stereocenters. The second kappa shape index (κ2) is 5.99. The van der Waals surface area contributed by atoms with Crippen LogP contribution >= 0.6 is 0 Å². The van der Waals surface area contributed by atoms with Crippen molar-refractivity contribution in [2.75, 3.05) is 13.2 Å². The summed E-state index contributed by atoms with van der Waals surface area (Å²) in [5.41, 5.74) is 0. The van der Waals surface area contributed by atoms with Crippen LogP contribution in [0.3, 0.4) is 0 Å². The zero-order valence-electron chi connectivity index (χ0n) is 9.79. The molecular formula is C11H12F5NO. The van der Waals surface area contributed by atoms with E-state index in [9.17, 15) is 22.0 Å². The minimum Gasteiger partial charge on any atom is -0.486 e. The van der Waals surface area contributed by atoms with E-state index in [0.717, 1.165) is 0 Å². The van der Waals surface area contributed by atoms with Gasteiger partial charge in [0, 0.05) is 12.6 Å². The Morgan fingerprint density at radius 1 is 0.889 bits per heavy atom. The molecule has 1 N–H and O–H groups in total. The predicted molar refractivity (Wildman–Crippen MR) is 54.9 cm³/mol. The third kappa shape index (κ3) is 3.10. The minimum absolute atomic E-state index is 0.116. The van der Waals surface area contributed by atoms with Gasteiger partial charge in [-0.05, 0) is 0 Å². The Morgan fingerprint density at radius 3 is 1.78 bits per heavy atom. The molecule has 18 heavy (non-hydrogen) atoms. The highest BCUT2D eigenvalue weighted by Gasteiger charge is 2.26. The van der Waals surface area contributed by atoms with Crippen LogP contribution in [0, 0.1) is 29.1 Å². The molecule has 7 heteroatoms. The Hall–Kier alpha value is -1.37. The van der Waals surface area contributed by atoms with Crippen molar-refractivity contribution in [3.63, 3.8) is 0 Å². The Balaban J connectivity index is 2.83. The smallest absolute Gasteiger partial charge is 0.206 e. The number of rotatable bonds is 5. The summed E-state index contributed by atoms with van der Waals surface area (Å²) < 4.78 is 69.1. The Labute approximate surface area is 101 Å². The van der Waals surface area contributed by atoms with E-state index < -0.39 is 34.8 Å². The van der Waals surface area contributed by atoms with Crippen molar-refractivity contribution in [3.8, 4) is 5.75 Å². The number of benzene rings is 1. The van der Waals surface area contributed by atoms with Crippen LogP contribution in [0.1, 0.15) is 13.8 Å². The summed E-state index contributed by atoms with van der Waals surface area (Å²) in [5.74, 6) is -11.4. The molecular weight excluding hydrogens is 257 g/mol. The summed E-state index contributed by atoms with van der Waals surface area (Å²) in [6.45, 7) is 3.67. The fourth-order valence-corrected chi connectivity index (χ4v) is 1.21. The number of hydrogen-bond donors (Lipinski definition) is 1. The molecule has 0 bridgehead atoms. The molecule has 0 aliphatic heterocycles. The minimum atomic E-state index is -2.20. The first kappa shape index (κ1) is 14.7. The van der Waals surface area contributed by atoms with Gasteiger partial charge in [-0.25, -0.2) is 13.2 Å². The van der Waals surface area contributed by atoms with Gasteiger partial charge < -0.3 is 10.1 Å². The molecule has 0 spiro atoms. The fourth-order valence-electron chi connectivity index (χ4n) is 1.21. The summed E-state index contributed by atoms with van der Waals surface area (Å²) in [6.07, 6.45) is 0. The van der Waals surface area contributed by atoms with Gasteiger partial charge in [0.15, 0.2) is 5.75 Å². The predicted octanol–water partition coefficient (Wildman–Crippen LogP) is 2.76. The Kier molecular flexibility index (Phi) is 4.89. The lowest BCUT2D eigenvalue weighted by Crippen LogP contribution is -2.28. The van der Waals surface area contributed by atoms with E-state index >= 15 is 0 Å². The lowest BCUT2D eigenvalue weighted by atomic mass is 10.2. The Bertz CT molecular complexity index is 407. The number of hydrogen-bond acceptors (Lipinski definition) is 2. The van der Waals surface area contributed by atoms with Crippen LogP contribution in [0.4, 0.5) is 22.0 Å². The van der Waals surface area contributed by atoms with E-state index in [1.807, 2.05) is 13.8 Å². The maximum Gasteiger partial charge on any atom is 0.206 e. The molecule has 0 heterocycles. The number of halogens is 5. The van der Waals surface area contributed by atoms with Crippen molar-refractivity contribution in [3.05, 3.63) is 29.1 Å². The van der Waals surface area contributed by atoms with E-state index in [-0.39, 0.29) is 19.2 Å². The molecule has 1 aromatic rings. The van der Waals surface area contributed by atoms with Gasteiger partial charge in [0.1, 0.15) is 6.61 Å². The quantitative estimate of drug-likeness (QED) is 0.384. The zero-order valence-corrected chi connectivity index (χ0v) is 9.79. The Morgan fingerprint density at radius 2 is 1.33 bits per heavy atom. The van der Waals surface area contributed by atoms with Crippen molar-refractivity contribution in [2.24, 2.45) is 0 Å². The van der Waals surface area contributed by atoms with Gasteiger partial charge in [0.2, 0.25) is 29.1 Å². The molecule has 0 aliphatic rings. The van der Waals surface area contributed by atoms with Crippen LogP contribution in [-0.4, -0.2) is 19.2 Å². The lowest BCUT2D eigenvalue weighted by Gasteiger charge is -2.12. The molecule has 1 aromatic carbocycles. The monoisotopic (exact) mass is 269 g/mol. The van der Waals surface area contributed by atoms with E-state index in [0.29, 0.717) is 0 Å². The second-order valence-electron chi connectivity index (χ2n) is 3.86. The van der Waals surface area contributed by atoms with Gasteiger partial charge in [-0.3, -0.25) is 0 Å². The first-order valence-corrected chi connectivity index (χ1v) is 5.23. The molecule has 0 saturated heterocycles. The van der Waals surface area contributed by atoms with Crippen molar-refractivity contribution < 1.29 is 26.7 Å². The summed E-state index contributed by atoms with van der Waals surface area (Å²) in [7, 11) is 0. The third-order valence-electron chi connectivity index (χ3n) is 2.07. The SMILES string of the molecule is CC(C)NCCOc1c(F)c(F)c(F)c(F)c1F. The largest absolute Gasteiger partial charge is 0.486 e. The van der Waals surface area contributed by atoms with Crippen LogP contribution < -0.4 is 10.1 Å². The molecule has 102 valence electrons. The van der Waals surface area contributed by atoms with Crippen molar-refractivity contribution in [1.82, 2.24) is 5.32 Å². The standard InChI is InChI=1S/C11H12F5NO/c1-5(2)17-3-4-18-11-9(15)7(13)6(12)8(14)10(11)16/h5,17H,3-4H2,1-2H3. The van der Waals surface area contributed by atoms with Gasteiger partial charge in [-0.15, -0.1) is 0 Å². The first-order valence-electron chi connectivity index (χ1n) is 5.23. The third-order valence-corrected chi connectivity index (χ3v) is 2.07. The van der Waals surface area contributed by atoms with E-state index in [4.69, 9.17) is 0 Å². The van der Waals surface area contributed by atoms with Crippen LogP contribution in [0.5, 0.6) is 5.75 Å². The van der Waals surface area contributed by atoms with Crippen LogP contribution in [0.15, 0.2) is 0 Å². The lowest BCUT2D eigenvalue weighted by molar-refractivity contribution is 0.259. The highest BCUT2D eigenvalue weighted by Crippen LogP contribution is 2.28. The average Bonchev–Trinajstić information content (AvgIpc) is 2.32. The molecule has 2 nitrogen and oxygen atoms in total. The van der Waals surface area contributed by atoms with Gasteiger partial charge in [-0.2, -0.15) is 8.78 Å². The second-order valence-corrected chi connectivity index (χ2v) is 3.86. The van der Waals surface area contributed by atoms with Crippen molar-refractivity contribution in [2.45, 2.75) is 19.9 Å². The molecule has 0 aromatic heterocycles. The first-order chi connectivity index (χ1) is 8.36. The topological polar surface area (TPSA) is 21.3 Å². The molecule has 0 radical (unpaired) electrons. The molecule has 0 saturated carbocycles. The summed E-state index contributed by atoms with van der Waals surface area (Å²) in [5, 5.41) is 2.86. The fraction of sp³-hybridized carbons (Fsp3) is 0.455. The van der Waals surface area contributed by atoms with Gasteiger partial charge >= 0.3 is 0 Å². The molecule has 0 amide bonds. The van der Waals surface area contributed by atoms with E-state index in [2.05, 4.69) is 10.1 Å². The van der Waals surface area contributed by atoms with Gasteiger partial charge in [0.25, 0.3) is 0 Å². The van der Waals surface area contributed by atoms with Crippen LogP contribution in [0.2, 0.25) is 0 Å². The molecule has 0 fully saturated rings. The number of nitrogens with one attached hydrogen (secondary N) is 1. The number of ether oxygens (including phenoxy) is 1. The van der Waals surface area contributed by atoms with Gasteiger partial charge in [-0.1, -0.05) is 13.8 Å². The maximum atomic E-state index is 13.1. The highest BCUT2D eigenvalue weighted by atomic mass is 19.2. The summed E-state index contributed by atoms with van der Waals surface area (Å²) in [4.78, 5) is 0. The van der Waals surface area contributed by atoms with E-state index in [1.165, 1.54) is 0 Å². The van der Waals surface area contributed by atoms with Crippen LogP contribution in [0.25, 0.3) is 0 Å². The zero-order chi connectivity index (χ0) is 13.9. The van der Waals surface area contributed by atoms with Crippen molar-refractivity contribution in [1.29, 1.82) is 0 Å². The molecule has 0 unspecified atom stereocenters. The van der Waals surface area contributed by atoms with Crippen LogP contribution in [-0.2, 0) is 0 Å². The van der Waals surface area contributed by atoms with E-state index in [1.54, 1.807) is 0 Å². The van der Waals surface area contributed by atoms with Gasteiger partial charge in [0.05, 0.1) is 0 Å². The molecule has 1 rings (SSSR count). The summed E-state index contributed by atoms with van der Waals surface area (Å²) in [6, 6.07) is 0.116. The highest BCUT2D eigenvalue weighted by molar-refractivity contribution is 5.29. The maximum absolute atomic E-state index is 13.1. The summed E-state index contributed by atoms with van der Waals surface area (Å²) >= 11 is 0. The average molecular weight is 269 g/mol. The molecule has 0 aliphatic carbocycles. The normalized spacial score (nSPS) is 11.1.